The molecule has 0 aliphatic carbocycles. The number of hydrogen-bond acceptors (Lipinski definition) is 7. The van der Waals surface area contributed by atoms with Crippen LogP contribution in [0, 0.1) is 44.2 Å². The Morgan fingerprint density at radius 1 is 0.227 bits per heavy atom. The molecule has 0 aliphatic heterocycles. The van der Waals surface area contributed by atoms with Gasteiger partial charge < -0.3 is 9.13 Å². The quantitative estimate of drug-likeness (QED) is 0.111. The van der Waals surface area contributed by atoms with Crippen molar-refractivity contribution in [1.29, 1.82) is 5.26 Å². The molecule has 0 atom stereocenters. The Kier molecular flexibility index (Phi) is 17.7. The van der Waals surface area contributed by atoms with Gasteiger partial charge in [0.2, 0.25) is 0 Å². The Morgan fingerprint density at radius 3 is 0.882 bits per heavy atom. The van der Waals surface area contributed by atoms with Gasteiger partial charge in [-0.05, 0) is 123 Å². The lowest BCUT2D eigenvalue weighted by Gasteiger charge is -2.13. The normalized spacial score (nSPS) is 10.9. The topological polar surface area (TPSA) is 133 Å². The fourth-order valence-electron chi connectivity index (χ4n) is 14.3. The second-order valence-electron chi connectivity index (χ2n) is 25.8. The number of aromatic nitrogens is 8. The summed E-state index contributed by atoms with van der Waals surface area (Å²) in [5.74, 6) is 2.89. The maximum Gasteiger partial charge on any atom is 0.200 e. The van der Waals surface area contributed by atoms with E-state index >= 15 is 0 Å². The third kappa shape index (κ3) is 12.5. The van der Waals surface area contributed by atoms with Gasteiger partial charge in [0.1, 0.15) is 0 Å². The predicted octanol–water partition coefficient (Wildman–Crippen LogP) is 25.2. The minimum absolute atomic E-state index is 0.400. The molecule has 110 heavy (non-hydrogen) atoms. The van der Waals surface area contributed by atoms with Gasteiger partial charge in [-0.25, -0.2) is 54.1 Å². The van der Waals surface area contributed by atoms with Crippen LogP contribution in [-0.2, 0) is 0 Å². The highest BCUT2D eigenvalue weighted by molar-refractivity contribution is 6.14. The molecule has 0 amide bonds. The second-order valence-corrected chi connectivity index (χ2v) is 25.8. The molecule has 0 radical (unpaired) electrons. The van der Waals surface area contributed by atoms with Crippen molar-refractivity contribution < 1.29 is 0 Å². The molecule has 0 saturated carbocycles. The van der Waals surface area contributed by atoms with Gasteiger partial charge in [-0.3, -0.25) is 0 Å². The van der Waals surface area contributed by atoms with E-state index in [1.807, 2.05) is 267 Å². The summed E-state index contributed by atoms with van der Waals surface area (Å²) >= 11 is 0. The SMILES string of the molecule is [C-]#[N+]c1ccccc1-c1ccc2c(c1)c1cc(-c3ccccc3C#N)ccc1n2-c1ccc(-c2nc(-c3ccccc3)nc(-c3ccccc3)n2)c([N+]#[C-])c1.[C-]#[N+]c1ccccc1-c1ccc2c(c1)c1cc(-c3ccccc3[N+]#[C-])ccc1n2-c1ccc([N+]#[C-])c(-c2nc(-c3ccccc3)nc(-c3ccccc3)n2)c1. The molecule has 0 unspecified atom stereocenters. The van der Waals surface area contributed by atoms with E-state index in [1.54, 1.807) is 0 Å². The van der Waals surface area contributed by atoms with Gasteiger partial charge in [0, 0.05) is 66.3 Å². The summed E-state index contributed by atoms with van der Waals surface area (Å²) in [6.45, 7) is 39.9. The molecule has 14 heteroatoms. The van der Waals surface area contributed by atoms with Crippen LogP contribution in [0.1, 0.15) is 5.56 Å². The molecule has 18 aromatic rings. The Morgan fingerprint density at radius 2 is 0.518 bits per heavy atom. The maximum atomic E-state index is 9.91. The number of hydrogen-bond donors (Lipinski definition) is 0. The minimum Gasteiger partial charge on any atom is -0.311 e. The fraction of sp³-hybridized carbons (Fsp3) is 0. The van der Waals surface area contributed by atoms with Crippen LogP contribution in [0.2, 0.25) is 0 Å². The molecule has 14 nitrogen and oxygen atoms in total. The molecular formula is C96H54N14. The first kappa shape index (κ1) is 66.9. The van der Waals surface area contributed by atoms with Crippen LogP contribution < -0.4 is 0 Å². The molecule has 0 bridgehead atoms. The van der Waals surface area contributed by atoms with Crippen molar-refractivity contribution in [2.45, 2.75) is 0 Å². The molecule has 0 fully saturated rings. The lowest BCUT2D eigenvalue weighted by molar-refractivity contribution is 1.07. The first-order chi connectivity index (χ1) is 54.3. The molecule has 508 valence electrons. The third-order valence-electron chi connectivity index (χ3n) is 19.5. The summed E-state index contributed by atoms with van der Waals surface area (Å²) in [7, 11) is 0. The highest BCUT2D eigenvalue weighted by atomic mass is 15.1. The zero-order chi connectivity index (χ0) is 74.6. The van der Waals surface area contributed by atoms with E-state index < -0.39 is 0 Å². The van der Waals surface area contributed by atoms with Crippen molar-refractivity contribution in [2.75, 3.05) is 0 Å². The van der Waals surface area contributed by atoms with E-state index in [0.717, 1.165) is 122 Å². The fourth-order valence-corrected chi connectivity index (χ4v) is 14.3. The van der Waals surface area contributed by atoms with E-state index in [4.69, 9.17) is 62.8 Å². The molecule has 14 aromatic carbocycles. The average Bonchev–Trinajstić information content (AvgIpc) is 1.58. The van der Waals surface area contributed by atoms with Gasteiger partial charge in [-0.1, -0.05) is 249 Å². The smallest absolute Gasteiger partial charge is 0.200 e. The van der Waals surface area contributed by atoms with Crippen LogP contribution in [0.15, 0.2) is 328 Å². The van der Waals surface area contributed by atoms with Crippen LogP contribution >= 0.6 is 0 Å². The Labute approximate surface area is 633 Å². The largest absolute Gasteiger partial charge is 0.311 e. The Balaban J connectivity index is 0.000000160. The molecule has 4 aromatic heterocycles. The second kappa shape index (κ2) is 29.1. The zero-order valence-corrected chi connectivity index (χ0v) is 58.4. The first-order valence-electron chi connectivity index (χ1n) is 35.1. The van der Waals surface area contributed by atoms with Gasteiger partial charge in [-0.15, -0.1) is 0 Å². The number of nitriles is 1. The minimum atomic E-state index is 0.400. The van der Waals surface area contributed by atoms with Crippen LogP contribution in [0.5, 0.6) is 0 Å². The molecule has 0 aliphatic rings. The van der Waals surface area contributed by atoms with E-state index in [1.165, 1.54) is 0 Å². The molecular weight excluding hydrogens is 1350 g/mol. The van der Waals surface area contributed by atoms with Gasteiger partial charge in [0.15, 0.2) is 63.4 Å². The van der Waals surface area contributed by atoms with Gasteiger partial charge in [0.05, 0.1) is 66.6 Å². The average molecular weight is 1400 g/mol. The summed E-state index contributed by atoms with van der Waals surface area (Å²) in [5, 5.41) is 13.9. The van der Waals surface area contributed by atoms with Crippen LogP contribution in [-0.4, -0.2) is 39.0 Å². The standard InChI is InChI=1S/2C48H27N7/c1-49-41-20-12-10-18-36(41)33-22-26-44-38(28-33)39-29-34(37-19-11-13-21-42(37)50-2)23-27-45(39)55(44)35-24-25-43(51-3)40(30-35)48-53-46(31-14-6-4-7-15-31)52-47(54-48)32-16-8-5-9-17-32;1-50-42-20-12-11-19-38(42)34-22-26-45-41(28-34)40-27-33(37-18-10-9-17-35(37)30-49)21-25-44(40)55(45)36-23-24-39(43(29-36)51-2)48-53-46(31-13-5-3-6-14-31)52-47(54-48)32-15-7-4-8-16-32/h4-30H;3-29H. The molecule has 0 saturated heterocycles. The van der Waals surface area contributed by atoms with Crippen molar-refractivity contribution in [2.24, 2.45) is 0 Å². The van der Waals surface area contributed by atoms with E-state index in [0.29, 0.717) is 80.1 Å². The van der Waals surface area contributed by atoms with Crippen molar-refractivity contribution in [3.05, 3.63) is 390 Å². The summed E-state index contributed by atoms with van der Waals surface area (Å²) in [6.07, 6.45) is 0. The summed E-state index contributed by atoms with van der Waals surface area (Å²) < 4.78 is 4.35. The van der Waals surface area contributed by atoms with Crippen molar-refractivity contribution in [3.8, 4) is 130 Å². The van der Waals surface area contributed by atoms with Gasteiger partial charge >= 0.3 is 0 Å². The van der Waals surface area contributed by atoms with E-state index in [9.17, 15) is 5.26 Å². The lowest BCUT2D eigenvalue weighted by Crippen LogP contribution is -2.01. The van der Waals surface area contributed by atoms with Gasteiger partial charge in [-0.2, -0.15) is 5.26 Å². The lowest BCUT2D eigenvalue weighted by atomic mass is 9.97. The monoisotopic (exact) mass is 1400 g/mol. The predicted molar refractivity (Wildman–Crippen MR) is 439 cm³/mol. The van der Waals surface area contributed by atoms with E-state index in [-0.39, 0.29) is 0 Å². The van der Waals surface area contributed by atoms with Crippen molar-refractivity contribution in [1.82, 2.24) is 39.0 Å². The van der Waals surface area contributed by atoms with Crippen LogP contribution in [0.25, 0.3) is 192 Å². The maximum absolute atomic E-state index is 9.91. The molecule has 4 heterocycles. The third-order valence-corrected chi connectivity index (χ3v) is 19.5. The number of fused-ring (bicyclic) bond motifs is 6. The summed E-state index contributed by atoms with van der Waals surface area (Å²) in [6, 6.07) is 109. The van der Waals surface area contributed by atoms with Crippen molar-refractivity contribution in [3.63, 3.8) is 0 Å². The Hall–Kier alpha value is -16.4. The number of nitrogens with zero attached hydrogens (tertiary/aromatic N) is 14. The number of rotatable bonds is 12. The molecule has 18 rings (SSSR count). The number of benzene rings is 14. The highest BCUT2D eigenvalue weighted by Gasteiger charge is 2.24. The Bertz CT molecular complexity index is 6640. The molecule has 0 spiro atoms. The number of para-hydroxylation sites is 3. The summed E-state index contributed by atoms with van der Waals surface area (Å²) in [4.78, 5) is 48.7. The van der Waals surface area contributed by atoms with Crippen molar-refractivity contribution >= 4 is 72.0 Å². The highest BCUT2D eigenvalue weighted by Crippen LogP contribution is 2.45. The van der Waals surface area contributed by atoms with Crippen LogP contribution in [0.4, 0.5) is 28.4 Å². The zero-order valence-electron chi connectivity index (χ0n) is 58.4. The van der Waals surface area contributed by atoms with E-state index in [2.05, 4.69) is 100 Å². The van der Waals surface area contributed by atoms with Gasteiger partial charge in [0.25, 0.3) is 0 Å². The first-order valence-corrected chi connectivity index (χ1v) is 35.1. The summed E-state index contributed by atoms with van der Waals surface area (Å²) in [5.41, 5.74) is 20.3. The van der Waals surface area contributed by atoms with Crippen LogP contribution in [0.3, 0.4) is 0 Å². The molecule has 0 N–H and O–H groups in total.